The molecule has 0 aromatic rings. The number of hydrogen-bond donors (Lipinski definition) is 0. The summed E-state index contributed by atoms with van der Waals surface area (Å²) in [4.78, 5) is 16.5. The van der Waals surface area contributed by atoms with E-state index in [1.807, 2.05) is 0 Å². The summed E-state index contributed by atoms with van der Waals surface area (Å²) in [6, 6.07) is 0. The zero-order valence-corrected chi connectivity index (χ0v) is 6.11. The van der Waals surface area contributed by atoms with Gasteiger partial charge in [0.1, 0.15) is 0 Å². The second kappa shape index (κ2) is 15.8. The van der Waals surface area contributed by atoms with E-state index in [9.17, 15) is 0 Å². The molecule has 0 aliphatic rings. The summed E-state index contributed by atoms with van der Waals surface area (Å²) in [7, 11) is 0. The van der Waals surface area contributed by atoms with Crippen molar-refractivity contribution in [2.45, 2.75) is 0 Å². The molecule has 62 valence electrons. The molecular weight excluding hydrogens is 239 g/mol. The molecule has 0 rings (SSSR count). The summed E-state index contributed by atoms with van der Waals surface area (Å²) in [6.45, 7) is 0. The molecule has 0 aromatic carbocycles. The maximum absolute atomic E-state index is 8.25. The normalized spacial score (nSPS) is 4.80. The van der Waals surface area contributed by atoms with Gasteiger partial charge in [-0.05, 0) is 0 Å². The van der Waals surface area contributed by atoms with Crippen LogP contribution in [0.5, 0.6) is 0 Å². The molecule has 0 aliphatic heterocycles. The van der Waals surface area contributed by atoms with Crippen LogP contribution in [0.1, 0.15) is 0 Å². The molecule has 0 aliphatic carbocycles. The Morgan fingerprint density at radius 1 is 0.800 bits per heavy atom. The molecule has 10 heavy (non-hydrogen) atoms. The van der Waals surface area contributed by atoms with Crippen LogP contribution in [0.25, 0.3) is 0 Å². The van der Waals surface area contributed by atoms with Crippen molar-refractivity contribution >= 4 is 0 Å². The first-order valence-corrected chi connectivity index (χ1v) is 1.10. The molecule has 0 heterocycles. The minimum Gasteiger partial charge on any atom is -0.356 e. The molecule has 0 bridgehead atoms. The van der Waals surface area contributed by atoms with Crippen LogP contribution in [-0.2, 0) is 33.6 Å². The molecule has 0 atom stereocenters. The first-order chi connectivity index (χ1) is 3.46. The van der Waals surface area contributed by atoms with E-state index in [-0.39, 0.29) is 33.6 Å². The minimum atomic E-state index is -1.75. The maximum atomic E-state index is 8.25. The van der Waals surface area contributed by atoms with E-state index in [1.54, 1.807) is 0 Å². The third-order valence-electron chi connectivity index (χ3n) is 0. The average molecular weight is 239 g/mol. The summed E-state index contributed by atoms with van der Waals surface area (Å²) in [6.07, 6.45) is 0. The molecule has 0 saturated heterocycles. The Bertz CT molecular complexity index is 73.7. The van der Waals surface area contributed by atoms with Crippen molar-refractivity contribution in [2.75, 3.05) is 0 Å². The number of nitrogens with zero attached hydrogens (tertiary/aromatic N) is 2. The molecule has 0 radical (unpaired) electrons. The fourth-order valence-corrected chi connectivity index (χ4v) is 0. The zero-order valence-electron chi connectivity index (χ0n) is 4.01. The molecule has 0 aromatic heterocycles. The Morgan fingerprint density at radius 3 is 0.800 bits per heavy atom. The fourth-order valence-electron chi connectivity index (χ4n) is 0. The van der Waals surface area contributed by atoms with Gasteiger partial charge in [-0.1, -0.05) is 0 Å². The van der Waals surface area contributed by atoms with Gasteiger partial charge in [-0.3, -0.25) is 0 Å². The Morgan fingerprint density at radius 2 is 0.800 bits per heavy atom. The number of rotatable bonds is 0. The first kappa shape index (κ1) is 22.7. The van der Waals surface area contributed by atoms with Gasteiger partial charge in [0.25, 0.3) is 0 Å². The maximum Gasteiger partial charge on any atom is 2.00 e. The summed E-state index contributed by atoms with van der Waals surface area (Å²) >= 11 is 0. The quantitative estimate of drug-likeness (QED) is 0.318. The van der Waals surface area contributed by atoms with Crippen LogP contribution in [0, 0.1) is 30.6 Å². The van der Waals surface area contributed by atoms with Crippen LogP contribution in [0.4, 0.5) is 0 Å². The SMILES string of the molecule is O=[N+]([O-])[O-].O=[N+]([O-])[O-].[Fe+2].[Ni+2]. The fraction of sp³-hybridized carbons (Fsp3) is 0. The smallest absolute Gasteiger partial charge is 0.356 e. The van der Waals surface area contributed by atoms with Gasteiger partial charge < -0.3 is 30.6 Å². The number of hydrogen-bond acceptors (Lipinski definition) is 6. The molecule has 0 saturated carbocycles. The van der Waals surface area contributed by atoms with Gasteiger partial charge in [0.15, 0.2) is 0 Å². The third kappa shape index (κ3) is 885. The zero-order chi connectivity index (χ0) is 7.15. The monoisotopic (exact) mass is 238 g/mol. The Labute approximate surface area is 74.8 Å². The van der Waals surface area contributed by atoms with Crippen LogP contribution in [0.2, 0.25) is 0 Å². The molecular formula is FeN2NiO6+2. The van der Waals surface area contributed by atoms with Crippen molar-refractivity contribution in [3.05, 3.63) is 30.6 Å². The van der Waals surface area contributed by atoms with E-state index in [0.29, 0.717) is 0 Å². The summed E-state index contributed by atoms with van der Waals surface area (Å²) in [5.74, 6) is 0. The van der Waals surface area contributed by atoms with Crippen LogP contribution in [0.3, 0.4) is 0 Å². The second-order valence-corrected chi connectivity index (χ2v) is 0.447. The summed E-state index contributed by atoms with van der Waals surface area (Å²) < 4.78 is 0. The average Bonchev–Trinajstić information content (AvgIpc) is 1.25. The van der Waals surface area contributed by atoms with Gasteiger partial charge in [0.05, 0.1) is 10.2 Å². The molecule has 0 amide bonds. The van der Waals surface area contributed by atoms with Crippen LogP contribution < -0.4 is 0 Å². The van der Waals surface area contributed by atoms with Gasteiger partial charge in [-0.15, -0.1) is 0 Å². The van der Waals surface area contributed by atoms with Crippen LogP contribution in [0.15, 0.2) is 0 Å². The predicted octanol–water partition coefficient (Wildman–Crippen LogP) is -0.483. The van der Waals surface area contributed by atoms with Gasteiger partial charge in [-0.2, -0.15) is 0 Å². The van der Waals surface area contributed by atoms with E-state index in [0.717, 1.165) is 0 Å². The van der Waals surface area contributed by atoms with Gasteiger partial charge >= 0.3 is 33.6 Å². The first-order valence-electron chi connectivity index (χ1n) is 1.10. The van der Waals surface area contributed by atoms with Crippen LogP contribution in [-0.4, -0.2) is 10.2 Å². The van der Waals surface area contributed by atoms with Gasteiger partial charge in [0, 0.05) is 0 Å². The van der Waals surface area contributed by atoms with Crippen molar-refractivity contribution in [3.63, 3.8) is 0 Å². The van der Waals surface area contributed by atoms with Crippen molar-refractivity contribution < 1.29 is 43.7 Å². The van der Waals surface area contributed by atoms with Gasteiger partial charge in [-0.25, -0.2) is 0 Å². The molecule has 0 fully saturated rings. The topological polar surface area (TPSA) is 132 Å². The Balaban J connectivity index is -0.0000000300. The third-order valence-corrected chi connectivity index (χ3v) is 0. The molecule has 8 nitrogen and oxygen atoms in total. The van der Waals surface area contributed by atoms with Crippen molar-refractivity contribution in [2.24, 2.45) is 0 Å². The molecule has 0 unspecified atom stereocenters. The second-order valence-electron chi connectivity index (χ2n) is 0.447. The minimum absolute atomic E-state index is 0. The van der Waals surface area contributed by atoms with E-state index in [1.165, 1.54) is 0 Å². The largest absolute Gasteiger partial charge is 2.00 e. The van der Waals surface area contributed by atoms with E-state index in [4.69, 9.17) is 30.6 Å². The Hall–Kier alpha value is -0.587. The van der Waals surface area contributed by atoms with E-state index >= 15 is 0 Å². The van der Waals surface area contributed by atoms with E-state index < -0.39 is 10.2 Å². The van der Waals surface area contributed by atoms with Gasteiger partial charge in [0.2, 0.25) is 0 Å². The van der Waals surface area contributed by atoms with Crippen molar-refractivity contribution in [1.82, 2.24) is 0 Å². The summed E-state index contributed by atoms with van der Waals surface area (Å²) in [5, 5.41) is 29.5. The molecule has 0 spiro atoms. The Kier molecular flexibility index (Phi) is 35.9. The molecule has 10 heteroatoms. The van der Waals surface area contributed by atoms with Crippen molar-refractivity contribution in [1.29, 1.82) is 0 Å². The predicted molar refractivity (Wildman–Crippen MR) is 20.7 cm³/mol. The molecule has 0 N–H and O–H groups in total. The van der Waals surface area contributed by atoms with E-state index in [2.05, 4.69) is 0 Å². The van der Waals surface area contributed by atoms with Crippen molar-refractivity contribution in [3.8, 4) is 0 Å². The summed E-state index contributed by atoms with van der Waals surface area (Å²) in [5.41, 5.74) is 0. The standard InChI is InChI=1S/Fe.2NO3.Ni/c;2*2-1(3)4;/q+2;2*-1;+2. The van der Waals surface area contributed by atoms with Crippen LogP contribution >= 0.6 is 0 Å².